The molecule has 0 radical (unpaired) electrons. The Morgan fingerprint density at radius 2 is 2.14 bits per heavy atom. The van der Waals surface area contributed by atoms with E-state index in [2.05, 4.69) is 26.2 Å². The van der Waals surface area contributed by atoms with E-state index in [9.17, 15) is 17.6 Å². The summed E-state index contributed by atoms with van der Waals surface area (Å²) < 4.78 is 41.1. The molecule has 21 heavy (non-hydrogen) atoms. The third-order valence-electron chi connectivity index (χ3n) is 2.49. The second kappa shape index (κ2) is 5.41. The number of amides is 1. The molecule has 3 N–H and O–H groups in total. The molecule has 2 aromatic rings. The van der Waals surface area contributed by atoms with Gasteiger partial charge in [0.2, 0.25) is 10.9 Å². The zero-order valence-corrected chi connectivity index (χ0v) is 12.9. The second-order valence-electron chi connectivity index (χ2n) is 3.97. The van der Waals surface area contributed by atoms with Gasteiger partial charge in [-0.1, -0.05) is 5.21 Å². The Hall–Kier alpha value is -2.01. The average Bonchev–Trinajstić information content (AvgIpc) is 2.71. The highest BCUT2D eigenvalue weighted by molar-refractivity contribution is 9.10. The lowest BCUT2D eigenvalue weighted by molar-refractivity contribution is 0.100. The van der Waals surface area contributed by atoms with Gasteiger partial charge in [-0.15, -0.1) is 5.10 Å². The van der Waals surface area contributed by atoms with Crippen LogP contribution in [0.2, 0.25) is 0 Å². The Balaban J connectivity index is 2.46. The van der Waals surface area contributed by atoms with Crippen molar-refractivity contribution in [1.29, 1.82) is 0 Å². The summed E-state index contributed by atoms with van der Waals surface area (Å²) in [4.78, 5) is 11.1. The number of hydrogen-bond donors (Lipinski definition) is 2. The summed E-state index contributed by atoms with van der Waals surface area (Å²) in [6, 6.07) is 3.10. The first kappa shape index (κ1) is 15.4. The lowest BCUT2D eigenvalue weighted by Crippen LogP contribution is -2.19. The number of primary amides is 1. The van der Waals surface area contributed by atoms with Gasteiger partial charge in [-0.25, -0.2) is 9.07 Å². The fourth-order valence-corrected chi connectivity index (χ4v) is 3.71. The molecule has 8 nitrogen and oxygen atoms in total. The van der Waals surface area contributed by atoms with Crippen LogP contribution in [0.1, 0.15) is 10.4 Å². The number of carbonyl (C=O) groups is 1. The van der Waals surface area contributed by atoms with Gasteiger partial charge in [0, 0.05) is 12.6 Å². The third-order valence-corrected chi connectivity index (χ3v) is 4.74. The maximum absolute atomic E-state index is 13.7. The number of aryl methyl sites for hydroxylation is 1. The van der Waals surface area contributed by atoms with Gasteiger partial charge in [0.05, 0.1) is 5.69 Å². The Kier molecular flexibility index (Phi) is 3.96. The Bertz CT molecular complexity index is 801. The molecule has 11 heteroatoms. The second-order valence-corrected chi connectivity index (χ2v) is 6.32. The van der Waals surface area contributed by atoms with Crippen molar-refractivity contribution in [2.24, 2.45) is 12.8 Å². The summed E-state index contributed by atoms with van der Waals surface area (Å²) in [6.07, 6.45) is 0. The van der Waals surface area contributed by atoms with Crippen molar-refractivity contribution >= 4 is 37.5 Å². The van der Waals surface area contributed by atoms with Crippen LogP contribution in [0.15, 0.2) is 27.8 Å². The van der Waals surface area contributed by atoms with E-state index in [1.54, 1.807) is 0 Å². The van der Waals surface area contributed by atoms with E-state index in [0.29, 0.717) is 0 Å². The van der Waals surface area contributed by atoms with Gasteiger partial charge in [-0.2, -0.15) is 8.42 Å². The fraction of sp³-hybridized carbons (Fsp3) is 0.100. The molecule has 1 amide bonds. The van der Waals surface area contributed by atoms with Crippen LogP contribution in [-0.2, 0) is 17.1 Å². The molecule has 2 rings (SSSR count). The number of aromatic nitrogens is 3. The SMILES string of the molecule is Cn1nnc(Br)c1S(=O)(=O)Nc1cc(C(N)=O)ccc1F. The summed E-state index contributed by atoms with van der Waals surface area (Å²) in [5.41, 5.74) is 4.63. The molecule has 1 aromatic carbocycles. The minimum Gasteiger partial charge on any atom is -0.366 e. The van der Waals surface area contributed by atoms with Gasteiger partial charge >= 0.3 is 0 Å². The molecule has 0 atom stereocenters. The van der Waals surface area contributed by atoms with Crippen molar-refractivity contribution in [3.8, 4) is 0 Å². The number of halogens is 2. The Morgan fingerprint density at radius 3 is 2.67 bits per heavy atom. The minimum atomic E-state index is -4.15. The standard InChI is InChI=1S/C10H9BrFN5O3S/c1-17-10(8(11)14-16-17)21(19,20)15-7-4-5(9(13)18)2-3-6(7)12/h2-4,15H,1H3,(H2,13,18). The number of nitrogens with two attached hydrogens (primary N) is 1. The zero-order valence-electron chi connectivity index (χ0n) is 10.5. The molecule has 0 saturated carbocycles. The molecule has 0 spiro atoms. The van der Waals surface area contributed by atoms with E-state index in [4.69, 9.17) is 5.73 Å². The summed E-state index contributed by atoms with van der Waals surface area (Å²) in [5, 5.41) is 6.77. The van der Waals surface area contributed by atoms with E-state index in [1.807, 2.05) is 4.72 Å². The van der Waals surface area contributed by atoms with Gasteiger partial charge in [-0.05, 0) is 34.1 Å². The van der Waals surface area contributed by atoms with Gasteiger partial charge in [0.25, 0.3) is 10.0 Å². The number of benzene rings is 1. The van der Waals surface area contributed by atoms with E-state index in [-0.39, 0.29) is 15.2 Å². The van der Waals surface area contributed by atoms with Crippen molar-refractivity contribution in [3.05, 3.63) is 34.2 Å². The highest BCUT2D eigenvalue weighted by atomic mass is 79.9. The van der Waals surface area contributed by atoms with Crippen LogP contribution in [0.25, 0.3) is 0 Å². The van der Waals surface area contributed by atoms with Crippen LogP contribution in [0, 0.1) is 5.82 Å². The summed E-state index contributed by atoms with van der Waals surface area (Å²) in [7, 11) is -2.78. The maximum Gasteiger partial charge on any atom is 0.282 e. The Labute approximate surface area is 127 Å². The van der Waals surface area contributed by atoms with Crippen LogP contribution < -0.4 is 10.5 Å². The molecule has 0 bridgehead atoms. The number of anilines is 1. The summed E-state index contributed by atoms with van der Waals surface area (Å²) in [5.74, 6) is -1.66. The number of sulfonamides is 1. The highest BCUT2D eigenvalue weighted by Gasteiger charge is 2.25. The molecular weight excluding hydrogens is 369 g/mol. The van der Waals surface area contributed by atoms with Crippen LogP contribution in [0.3, 0.4) is 0 Å². The first-order valence-electron chi connectivity index (χ1n) is 5.39. The number of nitrogens with zero attached hydrogens (tertiary/aromatic N) is 3. The zero-order chi connectivity index (χ0) is 15.8. The Morgan fingerprint density at radius 1 is 1.48 bits per heavy atom. The van der Waals surface area contributed by atoms with Gasteiger partial charge in [-0.3, -0.25) is 9.52 Å². The third kappa shape index (κ3) is 3.03. The predicted molar refractivity (Wildman–Crippen MR) is 74.4 cm³/mol. The predicted octanol–water partition coefficient (Wildman–Crippen LogP) is 0.616. The normalized spacial score (nSPS) is 11.4. The molecule has 0 unspecified atom stereocenters. The van der Waals surface area contributed by atoms with E-state index in [1.165, 1.54) is 7.05 Å². The maximum atomic E-state index is 13.7. The van der Waals surface area contributed by atoms with Crippen molar-refractivity contribution in [1.82, 2.24) is 15.0 Å². The smallest absolute Gasteiger partial charge is 0.282 e. The first-order chi connectivity index (χ1) is 9.72. The van der Waals surface area contributed by atoms with Gasteiger partial charge in [0.15, 0.2) is 4.60 Å². The molecule has 0 aliphatic heterocycles. The van der Waals surface area contributed by atoms with Crippen molar-refractivity contribution in [2.45, 2.75) is 5.03 Å². The first-order valence-corrected chi connectivity index (χ1v) is 7.67. The molecule has 0 aliphatic carbocycles. The van der Waals surface area contributed by atoms with Crippen LogP contribution in [-0.4, -0.2) is 29.3 Å². The van der Waals surface area contributed by atoms with E-state index >= 15 is 0 Å². The highest BCUT2D eigenvalue weighted by Crippen LogP contribution is 2.23. The van der Waals surface area contributed by atoms with E-state index in [0.717, 1.165) is 22.9 Å². The molecule has 0 fully saturated rings. The average molecular weight is 378 g/mol. The fourth-order valence-electron chi connectivity index (χ4n) is 1.56. The van der Waals surface area contributed by atoms with E-state index < -0.39 is 27.4 Å². The molecule has 112 valence electrons. The number of carbonyl (C=O) groups excluding carboxylic acids is 1. The van der Waals surface area contributed by atoms with Crippen LogP contribution in [0.4, 0.5) is 10.1 Å². The summed E-state index contributed by atoms with van der Waals surface area (Å²) >= 11 is 2.94. The minimum absolute atomic E-state index is 0.0241. The van der Waals surface area contributed by atoms with Crippen molar-refractivity contribution in [3.63, 3.8) is 0 Å². The lowest BCUT2D eigenvalue weighted by atomic mass is 10.2. The summed E-state index contributed by atoms with van der Waals surface area (Å²) in [6.45, 7) is 0. The van der Waals surface area contributed by atoms with Crippen LogP contribution >= 0.6 is 15.9 Å². The van der Waals surface area contributed by atoms with Crippen LogP contribution in [0.5, 0.6) is 0 Å². The van der Waals surface area contributed by atoms with Crippen molar-refractivity contribution in [2.75, 3.05) is 4.72 Å². The lowest BCUT2D eigenvalue weighted by Gasteiger charge is -2.09. The largest absolute Gasteiger partial charge is 0.366 e. The number of nitrogens with one attached hydrogen (secondary N) is 1. The van der Waals surface area contributed by atoms with Gasteiger partial charge in [0.1, 0.15) is 5.82 Å². The van der Waals surface area contributed by atoms with Crippen molar-refractivity contribution < 1.29 is 17.6 Å². The molecule has 1 heterocycles. The monoisotopic (exact) mass is 377 g/mol. The number of hydrogen-bond acceptors (Lipinski definition) is 5. The molecular formula is C10H9BrFN5O3S. The molecule has 0 saturated heterocycles. The molecule has 1 aromatic heterocycles. The quantitative estimate of drug-likeness (QED) is 0.808. The molecule has 0 aliphatic rings. The van der Waals surface area contributed by atoms with Gasteiger partial charge < -0.3 is 5.73 Å². The number of rotatable bonds is 4. The topological polar surface area (TPSA) is 120 Å².